The number of carbonyl (C=O) groups excluding carboxylic acids is 1. The molecule has 1 fully saturated rings. The molecule has 2 aliphatic rings. The van der Waals surface area contributed by atoms with Crippen molar-refractivity contribution >= 4 is 5.91 Å². The molecule has 1 unspecified atom stereocenters. The smallest absolute Gasteiger partial charge is 0.227 e. The molecule has 2 aliphatic heterocycles. The summed E-state index contributed by atoms with van der Waals surface area (Å²) >= 11 is 0. The van der Waals surface area contributed by atoms with Crippen LogP contribution >= 0.6 is 0 Å². The molecule has 1 saturated heterocycles. The van der Waals surface area contributed by atoms with E-state index in [2.05, 4.69) is 30.7 Å². The first kappa shape index (κ1) is 17.3. The van der Waals surface area contributed by atoms with Crippen molar-refractivity contribution in [3.05, 3.63) is 23.3 Å². The van der Waals surface area contributed by atoms with E-state index in [9.17, 15) is 4.79 Å². The van der Waals surface area contributed by atoms with Crippen molar-refractivity contribution in [2.24, 2.45) is 5.92 Å². The summed E-state index contributed by atoms with van der Waals surface area (Å²) in [5, 5.41) is 0. The Kier molecular flexibility index (Phi) is 4.88. The number of amides is 1. The number of aromatic nitrogens is 2. The van der Waals surface area contributed by atoms with Crippen molar-refractivity contribution in [2.75, 3.05) is 33.4 Å². The van der Waals surface area contributed by atoms with Crippen LogP contribution in [0.15, 0.2) is 6.20 Å². The average Bonchev–Trinajstić information content (AvgIpc) is 3.17. The van der Waals surface area contributed by atoms with E-state index in [1.807, 2.05) is 11.1 Å². The lowest BCUT2D eigenvalue weighted by Crippen LogP contribution is -2.34. The van der Waals surface area contributed by atoms with E-state index in [4.69, 9.17) is 9.72 Å². The van der Waals surface area contributed by atoms with Gasteiger partial charge >= 0.3 is 0 Å². The van der Waals surface area contributed by atoms with Crippen molar-refractivity contribution < 1.29 is 9.53 Å². The Labute approximate surface area is 144 Å². The summed E-state index contributed by atoms with van der Waals surface area (Å²) in [4.78, 5) is 26.3. The number of methoxy groups -OCH3 is 1. The Balaban J connectivity index is 1.62. The molecule has 3 rings (SSSR count). The molecule has 6 heteroatoms. The third-order valence-electron chi connectivity index (χ3n) is 4.87. The van der Waals surface area contributed by atoms with Gasteiger partial charge in [0, 0.05) is 43.9 Å². The number of fused-ring (bicyclic) bond motifs is 1. The number of hydrogen-bond donors (Lipinski definition) is 0. The highest BCUT2D eigenvalue weighted by Crippen LogP contribution is 2.27. The van der Waals surface area contributed by atoms with Gasteiger partial charge in [-0.1, -0.05) is 20.8 Å². The van der Waals surface area contributed by atoms with Gasteiger partial charge in [0.2, 0.25) is 5.91 Å². The van der Waals surface area contributed by atoms with E-state index in [1.165, 1.54) is 0 Å². The predicted molar refractivity (Wildman–Crippen MR) is 91.4 cm³/mol. The molecular weight excluding hydrogens is 304 g/mol. The van der Waals surface area contributed by atoms with Crippen molar-refractivity contribution in [3.8, 4) is 0 Å². The maximum atomic E-state index is 12.8. The Morgan fingerprint density at radius 3 is 2.88 bits per heavy atom. The number of likely N-dealkylation sites (tertiary alicyclic amines) is 1. The summed E-state index contributed by atoms with van der Waals surface area (Å²) in [6.45, 7) is 11.0. The molecule has 1 aromatic heterocycles. The van der Waals surface area contributed by atoms with Crippen molar-refractivity contribution in [1.82, 2.24) is 19.8 Å². The van der Waals surface area contributed by atoms with Crippen LogP contribution < -0.4 is 0 Å². The molecule has 1 atom stereocenters. The van der Waals surface area contributed by atoms with Crippen LogP contribution in [-0.2, 0) is 28.0 Å². The van der Waals surface area contributed by atoms with Crippen LogP contribution in [0, 0.1) is 5.92 Å². The molecule has 0 N–H and O–H groups in total. The zero-order valence-electron chi connectivity index (χ0n) is 15.2. The monoisotopic (exact) mass is 332 g/mol. The van der Waals surface area contributed by atoms with Crippen LogP contribution in [0.3, 0.4) is 0 Å². The van der Waals surface area contributed by atoms with E-state index in [0.29, 0.717) is 13.1 Å². The molecule has 0 aromatic carbocycles. The van der Waals surface area contributed by atoms with E-state index < -0.39 is 0 Å². The molecule has 6 nitrogen and oxygen atoms in total. The molecular formula is C18H28N4O2. The largest absolute Gasteiger partial charge is 0.383 e. The van der Waals surface area contributed by atoms with Gasteiger partial charge in [0.25, 0.3) is 0 Å². The third kappa shape index (κ3) is 3.59. The standard InChI is InChI=1S/C18H28N4O2/c1-18(2,3)17-19-9-14-11-22(12-15(14)20-17)16(23)13-5-6-21(10-13)7-8-24-4/h9,13H,5-8,10-12H2,1-4H3. The highest BCUT2D eigenvalue weighted by molar-refractivity contribution is 5.80. The fourth-order valence-corrected chi connectivity index (χ4v) is 3.39. The SMILES string of the molecule is COCCN1CCC(C(=O)N2Cc3cnc(C(C)(C)C)nc3C2)C1. The van der Waals surface area contributed by atoms with E-state index >= 15 is 0 Å². The summed E-state index contributed by atoms with van der Waals surface area (Å²) in [7, 11) is 1.72. The minimum absolute atomic E-state index is 0.0697. The molecule has 24 heavy (non-hydrogen) atoms. The second-order valence-electron chi connectivity index (χ2n) is 7.89. The van der Waals surface area contributed by atoms with Gasteiger partial charge in [-0.25, -0.2) is 9.97 Å². The van der Waals surface area contributed by atoms with Gasteiger partial charge < -0.3 is 14.5 Å². The van der Waals surface area contributed by atoms with Gasteiger partial charge in [-0.15, -0.1) is 0 Å². The van der Waals surface area contributed by atoms with Gasteiger partial charge in [-0.05, 0) is 13.0 Å². The van der Waals surface area contributed by atoms with Crippen LogP contribution in [0.4, 0.5) is 0 Å². The summed E-state index contributed by atoms with van der Waals surface area (Å²) in [5.74, 6) is 1.21. The maximum Gasteiger partial charge on any atom is 0.227 e. The van der Waals surface area contributed by atoms with Crippen molar-refractivity contribution in [1.29, 1.82) is 0 Å². The quantitative estimate of drug-likeness (QED) is 0.838. The normalized spacial score (nSPS) is 21.3. The molecule has 0 aliphatic carbocycles. The van der Waals surface area contributed by atoms with Crippen LogP contribution in [-0.4, -0.2) is 59.0 Å². The van der Waals surface area contributed by atoms with Gasteiger partial charge in [0.15, 0.2) is 0 Å². The topological polar surface area (TPSA) is 58.6 Å². The Bertz CT molecular complexity index is 612. The Morgan fingerprint density at radius 2 is 2.17 bits per heavy atom. The lowest BCUT2D eigenvalue weighted by atomic mass is 9.95. The molecule has 132 valence electrons. The Morgan fingerprint density at radius 1 is 1.38 bits per heavy atom. The minimum atomic E-state index is -0.0697. The lowest BCUT2D eigenvalue weighted by molar-refractivity contribution is -0.135. The van der Waals surface area contributed by atoms with Crippen LogP contribution in [0.2, 0.25) is 0 Å². The molecule has 0 spiro atoms. The number of hydrogen-bond acceptors (Lipinski definition) is 5. The molecule has 0 bridgehead atoms. The molecule has 0 radical (unpaired) electrons. The molecule has 1 amide bonds. The highest BCUT2D eigenvalue weighted by Gasteiger charge is 2.34. The first-order chi connectivity index (χ1) is 11.4. The van der Waals surface area contributed by atoms with Gasteiger partial charge in [0.1, 0.15) is 5.82 Å². The summed E-state index contributed by atoms with van der Waals surface area (Å²) in [6.07, 6.45) is 2.84. The second-order valence-corrected chi connectivity index (χ2v) is 7.89. The van der Waals surface area contributed by atoms with E-state index in [1.54, 1.807) is 7.11 Å². The Hall–Kier alpha value is -1.53. The van der Waals surface area contributed by atoms with Crippen molar-refractivity contribution in [2.45, 2.75) is 45.7 Å². The van der Waals surface area contributed by atoms with Crippen LogP contribution in [0.5, 0.6) is 0 Å². The van der Waals surface area contributed by atoms with Gasteiger partial charge in [-0.3, -0.25) is 4.79 Å². The number of nitrogens with zero attached hydrogens (tertiary/aromatic N) is 4. The minimum Gasteiger partial charge on any atom is -0.383 e. The second kappa shape index (κ2) is 6.76. The number of rotatable bonds is 4. The van der Waals surface area contributed by atoms with Crippen LogP contribution in [0.25, 0.3) is 0 Å². The summed E-state index contributed by atoms with van der Waals surface area (Å²) < 4.78 is 5.13. The zero-order valence-corrected chi connectivity index (χ0v) is 15.2. The first-order valence-corrected chi connectivity index (χ1v) is 8.74. The first-order valence-electron chi connectivity index (χ1n) is 8.74. The van der Waals surface area contributed by atoms with Gasteiger partial charge in [-0.2, -0.15) is 0 Å². The fourth-order valence-electron chi connectivity index (χ4n) is 3.39. The van der Waals surface area contributed by atoms with E-state index in [0.717, 1.165) is 49.7 Å². The lowest BCUT2D eigenvalue weighted by Gasteiger charge is -2.20. The molecule has 1 aromatic rings. The molecule has 3 heterocycles. The van der Waals surface area contributed by atoms with Gasteiger partial charge in [0.05, 0.1) is 24.8 Å². The molecule has 0 saturated carbocycles. The van der Waals surface area contributed by atoms with E-state index in [-0.39, 0.29) is 17.2 Å². The predicted octanol–water partition coefficient (Wildman–Crippen LogP) is 1.58. The highest BCUT2D eigenvalue weighted by atomic mass is 16.5. The summed E-state index contributed by atoms with van der Waals surface area (Å²) in [6, 6.07) is 0. The number of ether oxygens (including phenoxy) is 1. The summed E-state index contributed by atoms with van der Waals surface area (Å²) in [5.41, 5.74) is 2.03. The third-order valence-corrected chi connectivity index (χ3v) is 4.87. The fraction of sp³-hybridized carbons (Fsp3) is 0.722. The maximum absolute atomic E-state index is 12.8. The van der Waals surface area contributed by atoms with Crippen molar-refractivity contribution in [3.63, 3.8) is 0 Å². The zero-order chi connectivity index (χ0) is 17.3. The average molecular weight is 332 g/mol. The van der Waals surface area contributed by atoms with Crippen LogP contribution in [0.1, 0.15) is 44.3 Å². The number of carbonyl (C=O) groups is 1.